The van der Waals surface area contributed by atoms with Crippen molar-refractivity contribution in [1.82, 2.24) is 15.0 Å². The Morgan fingerprint density at radius 3 is 2.60 bits per heavy atom. The zero-order valence-corrected chi connectivity index (χ0v) is 16.8. The number of aromatic amines is 1. The van der Waals surface area contributed by atoms with Gasteiger partial charge >= 0.3 is 0 Å². The summed E-state index contributed by atoms with van der Waals surface area (Å²) in [5.74, 6) is -0.804. The number of thiazole rings is 1. The Hall–Kier alpha value is -4.10. The highest BCUT2D eigenvalue weighted by molar-refractivity contribution is 7.21. The van der Waals surface area contributed by atoms with Gasteiger partial charge in [-0.2, -0.15) is 15.4 Å². The molecule has 0 bridgehead atoms. The van der Waals surface area contributed by atoms with Gasteiger partial charge in [0.2, 0.25) is 17.5 Å². The van der Waals surface area contributed by atoms with E-state index in [0.717, 1.165) is 16.1 Å². The third kappa shape index (κ3) is 3.61. The Bertz CT molecular complexity index is 1380. The van der Waals surface area contributed by atoms with E-state index in [1.54, 1.807) is 29.7 Å². The molecule has 0 aliphatic heterocycles. The van der Waals surface area contributed by atoms with E-state index in [1.165, 1.54) is 15.8 Å². The van der Waals surface area contributed by atoms with E-state index in [1.807, 2.05) is 18.2 Å². The molecule has 2 aromatic heterocycles. The minimum absolute atomic E-state index is 0.176. The predicted molar refractivity (Wildman–Crippen MR) is 114 cm³/mol. The highest BCUT2D eigenvalue weighted by Crippen LogP contribution is 2.34. The average molecular weight is 417 g/mol. The Morgan fingerprint density at radius 1 is 1.13 bits per heavy atom. The maximum Gasteiger partial charge on any atom is 0.284 e. The number of hydrogen-bond acceptors (Lipinski definition) is 9. The highest BCUT2D eigenvalue weighted by Gasteiger charge is 2.11. The third-order valence-corrected chi connectivity index (χ3v) is 5.75. The van der Waals surface area contributed by atoms with E-state index >= 15 is 0 Å². The smallest absolute Gasteiger partial charge is 0.284 e. The Balaban J connectivity index is 1.60. The van der Waals surface area contributed by atoms with Gasteiger partial charge in [0.25, 0.3) is 5.56 Å². The lowest BCUT2D eigenvalue weighted by Crippen LogP contribution is -2.10. The molecule has 2 heterocycles. The van der Waals surface area contributed by atoms with Gasteiger partial charge in [-0.1, -0.05) is 6.07 Å². The lowest BCUT2D eigenvalue weighted by Gasteiger charge is -2.00. The van der Waals surface area contributed by atoms with E-state index in [2.05, 4.69) is 45.4 Å². The number of nitriles is 1. The minimum Gasteiger partial charge on any atom is -0.491 e. The molecule has 3 N–H and O–H groups in total. The van der Waals surface area contributed by atoms with Gasteiger partial charge in [0, 0.05) is 5.56 Å². The van der Waals surface area contributed by atoms with Crippen LogP contribution < -0.4 is 10.9 Å². The average Bonchev–Trinajstić information content (AvgIpc) is 3.16. The van der Waals surface area contributed by atoms with Gasteiger partial charge in [0.15, 0.2) is 6.19 Å². The van der Waals surface area contributed by atoms with Crippen molar-refractivity contribution in [3.63, 3.8) is 0 Å². The molecule has 0 amide bonds. The van der Waals surface area contributed by atoms with E-state index in [0.29, 0.717) is 5.69 Å². The van der Waals surface area contributed by atoms with Crippen LogP contribution in [-0.2, 0) is 0 Å². The van der Waals surface area contributed by atoms with E-state index in [-0.39, 0.29) is 11.6 Å². The van der Waals surface area contributed by atoms with Crippen LogP contribution in [-0.4, -0.2) is 20.1 Å². The summed E-state index contributed by atoms with van der Waals surface area (Å²) in [7, 11) is 0. The third-order valence-electron chi connectivity index (χ3n) is 4.51. The van der Waals surface area contributed by atoms with Crippen molar-refractivity contribution >= 4 is 38.9 Å². The molecule has 0 spiro atoms. The van der Waals surface area contributed by atoms with Crippen LogP contribution >= 0.6 is 11.3 Å². The summed E-state index contributed by atoms with van der Waals surface area (Å²) in [5.41, 5.74) is 3.80. The highest BCUT2D eigenvalue weighted by atomic mass is 32.1. The van der Waals surface area contributed by atoms with Gasteiger partial charge in [0.05, 0.1) is 15.9 Å². The second-order valence-corrected chi connectivity index (χ2v) is 7.44. The van der Waals surface area contributed by atoms with Crippen LogP contribution in [0.1, 0.15) is 11.1 Å². The number of fused-ring (bicyclic) bond motifs is 1. The van der Waals surface area contributed by atoms with E-state index < -0.39 is 11.4 Å². The molecule has 2 aromatic carbocycles. The molecule has 0 aliphatic carbocycles. The first-order chi connectivity index (χ1) is 14.5. The minimum atomic E-state index is -0.722. The first-order valence-electron chi connectivity index (χ1n) is 8.83. The van der Waals surface area contributed by atoms with Crippen molar-refractivity contribution in [3.05, 3.63) is 57.9 Å². The second kappa shape index (κ2) is 7.73. The standard InChI is InChI=1S/C20H15N7O2S/c1-10-3-8-14-16(11(10)2)30-19(23-14)12-4-6-13(7-5-12)26-27-15-17(28)24-20(22-9-21)25-18(15)29/h3-8H,1-2H3,(H3,22,24,25,28,29). The summed E-state index contributed by atoms with van der Waals surface area (Å²) < 4.78 is 1.17. The number of rotatable bonds is 4. The first-order valence-corrected chi connectivity index (χ1v) is 9.65. The van der Waals surface area contributed by atoms with Crippen LogP contribution in [0.25, 0.3) is 20.8 Å². The molecule has 0 fully saturated rings. The van der Waals surface area contributed by atoms with Crippen molar-refractivity contribution in [2.75, 3.05) is 5.32 Å². The van der Waals surface area contributed by atoms with Crippen LogP contribution in [0.2, 0.25) is 0 Å². The quantitative estimate of drug-likeness (QED) is 0.250. The van der Waals surface area contributed by atoms with Crippen LogP contribution in [0.5, 0.6) is 5.88 Å². The predicted octanol–water partition coefficient (Wildman–Crippen LogP) is 4.68. The molecular weight excluding hydrogens is 402 g/mol. The summed E-state index contributed by atoms with van der Waals surface area (Å²) in [4.78, 5) is 22.6. The van der Waals surface area contributed by atoms with Gasteiger partial charge in [-0.05, 0) is 55.3 Å². The van der Waals surface area contributed by atoms with E-state index in [9.17, 15) is 9.90 Å². The molecule has 0 saturated carbocycles. The molecule has 30 heavy (non-hydrogen) atoms. The summed E-state index contributed by atoms with van der Waals surface area (Å²) in [5, 5.41) is 29.2. The number of nitrogens with one attached hydrogen (secondary N) is 2. The molecule has 10 heteroatoms. The fourth-order valence-corrected chi connectivity index (χ4v) is 3.90. The van der Waals surface area contributed by atoms with Gasteiger partial charge < -0.3 is 5.11 Å². The molecule has 0 radical (unpaired) electrons. The molecule has 4 aromatic rings. The van der Waals surface area contributed by atoms with E-state index in [4.69, 9.17) is 10.2 Å². The van der Waals surface area contributed by atoms with Gasteiger partial charge in [-0.25, -0.2) is 4.98 Å². The molecular formula is C20H15N7O2S. The summed E-state index contributed by atoms with van der Waals surface area (Å²) in [6, 6.07) is 11.3. The molecule has 0 saturated heterocycles. The molecule has 4 rings (SSSR count). The molecule has 0 aliphatic rings. The normalized spacial score (nSPS) is 11.1. The zero-order valence-electron chi connectivity index (χ0n) is 16.0. The summed E-state index contributed by atoms with van der Waals surface area (Å²) >= 11 is 1.64. The number of nitrogens with zero attached hydrogens (tertiary/aromatic N) is 5. The number of aromatic nitrogens is 3. The van der Waals surface area contributed by atoms with Crippen molar-refractivity contribution in [3.8, 4) is 22.6 Å². The number of azo groups is 1. The fraction of sp³-hybridized carbons (Fsp3) is 0.100. The topological polar surface area (TPSA) is 139 Å². The summed E-state index contributed by atoms with van der Waals surface area (Å²) in [6.45, 7) is 4.18. The first kappa shape index (κ1) is 19.2. The van der Waals surface area contributed by atoms with Crippen LogP contribution in [0, 0.1) is 25.3 Å². The Morgan fingerprint density at radius 2 is 1.90 bits per heavy atom. The lowest BCUT2D eigenvalue weighted by atomic mass is 10.1. The Labute approximate surface area is 174 Å². The maximum absolute atomic E-state index is 12.0. The van der Waals surface area contributed by atoms with Crippen molar-refractivity contribution in [1.29, 1.82) is 5.26 Å². The molecule has 148 valence electrons. The number of hydrogen-bond donors (Lipinski definition) is 3. The molecule has 0 unspecified atom stereocenters. The van der Waals surface area contributed by atoms with Crippen molar-refractivity contribution < 1.29 is 5.11 Å². The van der Waals surface area contributed by atoms with Gasteiger partial charge in [0.1, 0.15) is 5.01 Å². The van der Waals surface area contributed by atoms with Crippen molar-refractivity contribution in [2.24, 2.45) is 10.2 Å². The monoisotopic (exact) mass is 417 g/mol. The fourth-order valence-electron chi connectivity index (χ4n) is 2.78. The number of aromatic hydroxyl groups is 1. The maximum atomic E-state index is 12.0. The zero-order chi connectivity index (χ0) is 21.3. The van der Waals surface area contributed by atoms with Crippen LogP contribution in [0.3, 0.4) is 0 Å². The SMILES string of the molecule is Cc1ccc2nc(-c3ccc(N=Nc4c(O)nc(NC#N)[nH]c4=O)cc3)sc2c1C. The molecule has 9 nitrogen and oxygen atoms in total. The molecule has 0 atom stereocenters. The largest absolute Gasteiger partial charge is 0.491 e. The van der Waals surface area contributed by atoms with Crippen LogP contribution in [0.4, 0.5) is 17.3 Å². The lowest BCUT2D eigenvalue weighted by molar-refractivity contribution is 0.453. The number of aryl methyl sites for hydroxylation is 2. The number of benzene rings is 2. The summed E-state index contributed by atoms with van der Waals surface area (Å²) in [6.07, 6.45) is 1.60. The number of anilines is 1. The van der Waals surface area contributed by atoms with Crippen LogP contribution in [0.15, 0.2) is 51.4 Å². The van der Waals surface area contributed by atoms with Gasteiger partial charge in [-0.3, -0.25) is 15.1 Å². The van der Waals surface area contributed by atoms with Gasteiger partial charge in [-0.15, -0.1) is 16.5 Å². The Kier molecular flexibility index (Phi) is 4.95. The van der Waals surface area contributed by atoms with Crippen molar-refractivity contribution in [2.45, 2.75) is 13.8 Å². The number of H-pyrrole nitrogens is 1. The second-order valence-electron chi connectivity index (χ2n) is 6.45.